The third kappa shape index (κ3) is 5.03. The summed E-state index contributed by atoms with van der Waals surface area (Å²) >= 11 is 0. The van der Waals surface area contributed by atoms with Crippen LogP contribution in [0, 0.1) is 11.5 Å². The van der Waals surface area contributed by atoms with E-state index >= 15 is 0 Å². The number of alkyl carbamates (subject to hydrolysis) is 1. The Bertz CT molecular complexity index is 982. The van der Waals surface area contributed by atoms with Gasteiger partial charge < -0.3 is 23.9 Å². The average molecular weight is 419 g/mol. The standard InChI is InChI=1S/C20H26N2O6Si/c1-26-15-8-7-14-12-22(17(23)16(14)11-15)13-20(18(24)27-2,21-19(25)28-3)9-10-29(4,5)6/h7-8,11-12,23H,13H2,1-6H3,(H,21,25). The van der Waals surface area contributed by atoms with E-state index in [-0.39, 0.29) is 12.4 Å². The van der Waals surface area contributed by atoms with Crippen LogP contribution in [0.25, 0.3) is 10.8 Å². The van der Waals surface area contributed by atoms with Crippen molar-refractivity contribution < 1.29 is 28.9 Å². The second-order valence-corrected chi connectivity index (χ2v) is 12.3. The van der Waals surface area contributed by atoms with Gasteiger partial charge in [-0.1, -0.05) is 25.6 Å². The van der Waals surface area contributed by atoms with Gasteiger partial charge in [-0.25, -0.2) is 9.59 Å². The quantitative estimate of drug-likeness (QED) is 0.440. The maximum Gasteiger partial charge on any atom is 0.408 e. The fourth-order valence-corrected chi connectivity index (χ4v) is 3.29. The van der Waals surface area contributed by atoms with Gasteiger partial charge in [0.25, 0.3) is 0 Å². The smallest absolute Gasteiger partial charge is 0.408 e. The number of hydrogen-bond donors (Lipinski definition) is 2. The number of rotatable bonds is 5. The number of carbonyl (C=O) groups excluding carboxylic acids is 2. The molecule has 0 saturated heterocycles. The Balaban J connectivity index is 2.62. The van der Waals surface area contributed by atoms with E-state index in [9.17, 15) is 14.7 Å². The normalized spacial score (nSPS) is 13.0. The molecule has 1 atom stereocenters. The molecule has 0 bridgehead atoms. The van der Waals surface area contributed by atoms with Gasteiger partial charge in [-0.05, 0) is 18.2 Å². The van der Waals surface area contributed by atoms with Crippen LogP contribution in [0.15, 0.2) is 24.4 Å². The largest absolute Gasteiger partial charge is 0.497 e. The molecule has 0 fully saturated rings. The third-order valence-electron chi connectivity index (χ3n) is 4.16. The number of benzene rings is 1. The molecule has 29 heavy (non-hydrogen) atoms. The predicted molar refractivity (Wildman–Crippen MR) is 112 cm³/mol. The van der Waals surface area contributed by atoms with Gasteiger partial charge in [0, 0.05) is 17.0 Å². The molecule has 1 aromatic heterocycles. The van der Waals surface area contributed by atoms with Crippen LogP contribution in [-0.2, 0) is 20.8 Å². The Morgan fingerprint density at radius 3 is 2.45 bits per heavy atom. The van der Waals surface area contributed by atoms with Crippen LogP contribution in [0.3, 0.4) is 0 Å². The fraction of sp³-hybridized carbons (Fsp3) is 0.400. The first-order valence-corrected chi connectivity index (χ1v) is 12.4. The Hall–Kier alpha value is -3.12. The minimum atomic E-state index is -1.91. The van der Waals surface area contributed by atoms with E-state index in [1.807, 2.05) is 19.6 Å². The third-order valence-corrected chi connectivity index (χ3v) is 5.04. The second kappa shape index (κ2) is 8.49. The molecule has 1 aromatic carbocycles. The second-order valence-electron chi connectivity index (χ2n) is 7.55. The van der Waals surface area contributed by atoms with Gasteiger partial charge >= 0.3 is 12.1 Å². The topological polar surface area (TPSA) is 99.0 Å². The lowest BCUT2D eigenvalue weighted by Crippen LogP contribution is -2.57. The van der Waals surface area contributed by atoms with Crippen LogP contribution >= 0.6 is 0 Å². The van der Waals surface area contributed by atoms with Crippen LogP contribution in [0.4, 0.5) is 4.79 Å². The number of nitrogens with one attached hydrogen (secondary N) is 1. The molecular formula is C20H26N2O6Si. The van der Waals surface area contributed by atoms with Crippen molar-refractivity contribution >= 4 is 30.9 Å². The van der Waals surface area contributed by atoms with Crippen molar-refractivity contribution in [2.75, 3.05) is 21.3 Å². The highest BCUT2D eigenvalue weighted by atomic mass is 28.3. The van der Waals surface area contributed by atoms with E-state index in [0.29, 0.717) is 11.1 Å². The van der Waals surface area contributed by atoms with Crippen LogP contribution < -0.4 is 10.1 Å². The van der Waals surface area contributed by atoms with Gasteiger partial charge in [-0.15, -0.1) is 5.54 Å². The lowest BCUT2D eigenvalue weighted by molar-refractivity contribution is -0.146. The number of ether oxygens (including phenoxy) is 3. The zero-order valence-electron chi connectivity index (χ0n) is 17.5. The minimum Gasteiger partial charge on any atom is -0.497 e. The number of aromatic nitrogens is 1. The van der Waals surface area contributed by atoms with Gasteiger partial charge in [0.1, 0.15) is 13.8 Å². The summed E-state index contributed by atoms with van der Waals surface area (Å²) in [7, 11) is 2.02. The molecule has 1 amide bonds. The Morgan fingerprint density at radius 2 is 1.90 bits per heavy atom. The van der Waals surface area contributed by atoms with Crippen LogP contribution in [-0.4, -0.2) is 56.7 Å². The number of hydrogen-bond acceptors (Lipinski definition) is 6. The van der Waals surface area contributed by atoms with E-state index in [2.05, 4.69) is 21.5 Å². The maximum atomic E-state index is 12.7. The molecule has 2 rings (SSSR count). The number of fused-ring (bicyclic) bond motifs is 1. The van der Waals surface area contributed by atoms with Crippen molar-refractivity contribution in [1.82, 2.24) is 9.88 Å². The lowest BCUT2D eigenvalue weighted by atomic mass is 10.0. The molecule has 0 spiro atoms. The van der Waals surface area contributed by atoms with Gasteiger partial charge in [0.15, 0.2) is 5.88 Å². The number of aromatic hydroxyl groups is 1. The fourth-order valence-electron chi connectivity index (χ4n) is 2.70. The maximum absolute atomic E-state index is 12.7. The number of methoxy groups -OCH3 is 3. The Labute approximate surface area is 170 Å². The summed E-state index contributed by atoms with van der Waals surface area (Å²) in [4.78, 5) is 24.8. The zero-order chi connectivity index (χ0) is 21.8. The molecule has 156 valence electrons. The predicted octanol–water partition coefficient (Wildman–Crippen LogP) is 2.50. The van der Waals surface area contributed by atoms with Crippen molar-refractivity contribution in [3.8, 4) is 23.1 Å². The molecule has 0 saturated carbocycles. The van der Waals surface area contributed by atoms with Crippen molar-refractivity contribution in [2.45, 2.75) is 31.7 Å². The van der Waals surface area contributed by atoms with Crippen LogP contribution in [0.1, 0.15) is 0 Å². The Kier molecular flexibility index (Phi) is 6.49. The number of esters is 1. The monoisotopic (exact) mass is 418 g/mol. The molecule has 0 aliphatic heterocycles. The van der Waals surface area contributed by atoms with E-state index in [4.69, 9.17) is 9.47 Å². The summed E-state index contributed by atoms with van der Waals surface area (Å²) in [6, 6.07) is 5.23. The first-order valence-electron chi connectivity index (χ1n) is 8.90. The van der Waals surface area contributed by atoms with Gasteiger partial charge in [-0.2, -0.15) is 0 Å². The molecule has 0 aliphatic rings. The minimum absolute atomic E-state index is 0.0892. The van der Waals surface area contributed by atoms with E-state index in [1.54, 1.807) is 24.4 Å². The molecule has 2 aromatic rings. The molecule has 1 unspecified atom stereocenters. The number of nitrogens with zero attached hydrogens (tertiary/aromatic N) is 1. The summed E-state index contributed by atoms with van der Waals surface area (Å²) < 4.78 is 16.3. The zero-order valence-corrected chi connectivity index (χ0v) is 18.5. The Morgan fingerprint density at radius 1 is 1.21 bits per heavy atom. The summed E-state index contributed by atoms with van der Waals surface area (Å²) in [6.45, 7) is 5.85. The van der Waals surface area contributed by atoms with Gasteiger partial charge in [0.05, 0.1) is 27.9 Å². The number of amides is 1. The average Bonchev–Trinajstić information content (AvgIpc) is 2.99. The lowest BCUT2D eigenvalue weighted by Gasteiger charge is -2.27. The SMILES string of the molecule is COC(=O)NC(C#C[Si](C)(C)C)(Cn1cc2ccc(OC)cc2c1O)C(=O)OC. The first kappa shape index (κ1) is 22.2. The van der Waals surface area contributed by atoms with E-state index in [1.165, 1.54) is 25.9 Å². The molecular weight excluding hydrogens is 392 g/mol. The molecule has 0 radical (unpaired) electrons. The molecule has 8 nitrogen and oxygen atoms in total. The van der Waals surface area contributed by atoms with E-state index in [0.717, 1.165) is 5.39 Å². The summed E-state index contributed by atoms with van der Waals surface area (Å²) in [5.74, 6) is 2.63. The molecule has 2 N–H and O–H groups in total. The van der Waals surface area contributed by atoms with Crippen LogP contribution in [0.5, 0.6) is 11.6 Å². The summed E-state index contributed by atoms with van der Waals surface area (Å²) in [6.07, 6.45) is 0.829. The number of carbonyl (C=O) groups is 2. The molecule has 9 heteroatoms. The van der Waals surface area contributed by atoms with Crippen molar-refractivity contribution in [1.29, 1.82) is 0 Å². The van der Waals surface area contributed by atoms with Gasteiger partial charge in [0.2, 0.25) is 5.54 Å². The van der Waals surface area contributed by atoms with Crippen molar-refractivity contribution in [3.63, 3.8) is 0 Å². The highest BCUT2D eigenvalue weighted by Crippen LogP contribution is 2.31. The highest BCUT2D eigenvalue weighted by Gasteiger charge is 2.42. The van der Waals surface area contributed by atoms with Crippen molar-refractivity contribution in [3.05, 3.63) is 24.4 Å². The first-order chi connectivity index (χ1) is 13.5. The summed E-state index contributed by atoms with van der Waals surface area (Å²) in [5.41, 5.74) is 1.36. The summed E-state index contributed by atoms with van der Waals surface area (Å²) in [5, 5.41) is 14.5. The van der Waals surface area contributed by atoms with Crippen molar-refractivity contribution in [2.24, 2.45) is 0 Å². The van der Waals surface area contributed by atoms with Crippen LogP contribution in [0.2, 0.25) is 19.6 Å². The molecule has 0 aliphatic carbocycles. The van der Waals surface area contributed by atoms with E-state index < -0.39 is 25.7 Å². The highest BCUT2D eigenvalue weighted by molar-refractivity contribution is 6.83. The molecule has 1 heterocycles. The van der Waals surface area contributed by atoms with Gasteiger partial charge in [-0.3, -0.25) is 5.32 Å².